The minimum absolute atomic E-state index is 0.219. The molecule has 1 aliphatic heterocycles. The second kappa shape index (κ2) is 6.15. The van der Waals surface area contributed by atoms with E-state index in [4.69, 9.17) is 0 Å². The van der Waals surface area contributed by atoms with Gasteiger partial charge in [0.15, 0.2) is 0 Å². The Morgan fingerprint density at radius 3 is 2.67 bits per heavy atom. The highest BCUT2D eigenvalue weighted by atomic mass is 79.9. The molecule has 1 aromatic heterocycles. The van der Waals surface area contributed by atoms with Gasteiger partial charge in [0.05, 0.1) is 0 Å². The number of aromatic nitrogens is 1. The first-order valence-electron chi connectivity index (χ1n) is 8.23. The zero-order chi connectivity index (χ0) is 15.0. The van der Waals surface area contributed by atoms with Crippen molar-refractivity contribution in [3.05, 3.63) is 22.4 Å². The fourth-order valence-corrected chi connectivity index (χ4v) is 3.86. The fraction of sp³-hybridized carbons (Fsp3) is 0.706. The van der Waals surface area contributed by atoms with Gasteiger partial charge < -0.3 is 9.47 Å². The molecular weight excluding hydrogens is 328 g/mol. The molecule has 2 fully saturated rings. The molecule has 3 nitrogen and oxygen atoms in total. The molecule has 1 amide bonds. The Morgan fingerprint density at radius 1 is 1.24 bits per heavy atom. The van der Waals surface area contributed by atoms with Crippen LogP contribution in [0.4, 0.5) is 0 Å². The van der Waals surface area contributed by atoms with E-state index in [2.05, 4.69) is 45.4 Å². The first-order chi connectivity index (χ1) is 10.1. The molecule has 1 saturated heterocycles. The average Bonchev–Trinajstić information content (AvgIpc) is 3.24. The van der Waals surface area contributed by atoms with Gasteiger partial charge in [0.2, 0.25) is 0 Å². The Morgan fingerprint density at radius 2 is 2.00 bits per heavy atom. The third-order valence-electron chi connectivity index (χ3n) is 4.98. The number of halogens is 1. The Bertz CT molecular complexity index is 519. The molecule has 4 heteroatoms. The van der Waals surface area contributed by atoms with Crippen LogP contribution in [0.3, 0.4) is 0 Å². The summed E-state index contributed by atoms with van der Waals surface area (Å²) in [5, 5.41) is 0. The molecule has 116 valence electrons. The van der Waals surface area contributed by atoms with Crippen molar-refractivity contribution in [3.63, 3.8) is 0 Å². The lowest BCUT2D eigenvalue weighted by atomic mass is 9.89. The van der Waals surface area contributed by atoms with Crippen molar-refractivity contribution in [2.75, 3.05) is 13.1 Å². The number of likely N-dealkylation sites (tertiary alicyclic amines) is 1. The second-order valence-electron chi connectivity index (χ2n) is 6.91. The van der Waals surface area contributed by atoms with Crippen molar-refractivity contribution in [2.24, 2.45) is 11.8 Å². The van der Waals surface area contributed by atoms with E-state index in [0.29, 0.717) is 6.04 Å². The summed E-state index contributed by atoms with van der Waals surface area (Å²) >= 11 is 3.52. The average molecular weight is 353 g/mol. The summed E-state index contributed by atoms with van der Waals surface area (Å²) in [5.41, 5.74) is 0.868. The minimum atomic E-state index is 0.219. The summed E-state index contributed by atoms with van der Waals surface area (Å²) in [6.45, 7) is 6.43. The largest absolute Gasteiger partial charge is 0.339 e. The van der Waals surface area contributed by atoms with Crippen molar-refractivity contribution in [3.8, 4) is 0 Å². The number of nitrogens with zero attached hydrogens (tertiary/aromatic N) is 2. The third-order valence-corrected chi connectivity index (χ3v) is 5.41. The molecule has 1 atom stereocenters. The van der Waals surface area contributed by atoms with Crippen LogP contribution in [0.1, 0.15) is 62.5 Å². The van der Waals surface area contributed by atoms with Gasteiger partial charge >= 0.3 is 0 Å². The minimum Gasteiger partial charge on any atom is -0.339 e. The van der Waals surface area contributed by atoms with Gasteiger partial charge in [-0.25, -0.2) is 0 Å². The maximum atomic E-state index is 12.9. The molecule has 1 unspecified atom stereocenters. The number of carbonyl (C=O) groups excluding carboxylic acids is 1. The molecular formula is C17H25BrN2O. The van der Waals surface area contributed by atoms with Gasteiger partial charge in [-0.3, -0.25) is 4.79 Å². The van der Waals surface area contributed by atoms with Gasteiger partial charge in [-0.2, -0.15) is 0 Å². The number of amides is 1. The van der Waals surface area contributed by atoms with Gasteiger partial charge in [-0.05, 0) is 65.9 Å². The maximum absolute atomic E-state index is 12.9. The zero-order valence-electron chi connectivity index (χ0n) is 13.0. The van der Waals surface area contributed by atoms with Crippen molar-refractivity contribution in [1.82, 2.24) is 9.47 Å². The molecule has 3 rings (SSSR count). The lowest BCUT2D eigenvalue weighted by Crippen LogP contribution is -2.33. The van der Waals surface area contributed by atoms with Crippen LogP contribution in [0.5, 0.6) is 0 Å². The molecule has 2 aliphatic rings. The van der Waals surface area contributed by atoms with Crippen LogP contribution >= 0.6 is 15.9 Å². The fourth-order valence-electron chi connectivity index (χ4n) is 3.43. The Balaban J connectivity index is 1.73. The molecule has 1 saturated carbocycles. The molecule has 0 radical (unpaired) electrons. The van der Waals surface area contributed by atoms with E-state index in [0.717, 1.165) is 47.9 Å². The molecule has 0 bridgehead atoms. The quantitative estimate of drug-likeness (QED) is 0.786. The molecule has 1 aliphatic carbocycles. The highest BCUT2D eigenvalue weighted by Crippen LogP contribution is 2.38. The standard InChI is InChI=1S/C17H25BrN2O/c1-12(2)13-4-3-8-19(9-7-13)17(21)16-10-14(18)11-20(16)15-5-6-15/h10-13,15H,3-9H2,1-2H3. The molecule has 0 aromatic carbocycles. The van der Waals surface area contributed by atoms with Gasteiger partial charge in [-0.1, -0.05) is 13.8 Å². The summed E-state index contributed by atoms with van der Waals surface area (Å²) in [7, 11) is 0. The summed E-state index contributed by atoms with van der Waals surface area (Å²) < 4.78 is 3.20. The summed E-state index contributed by atoms with van der Waals surface area (Å²) in [6.07, 6.45) is 8.02. The molecule has 2 heterocycles. The number of rotatable bonds is 3. The third kappa shape index (κ3) is 3.36. The first kappa shape index (κ1) is 15.1. The highest BCUT2D eigenvalue weighted by Gasteiger charge is 2.30. The predicted octanol–water partition coefficient (Wildman–Crippen LogP) is 4.48. The molecule has 0 spiro atoms. The normalized spacial score (nSPS) is 23.4. The van der Waals surface area contributed by atoms with Crippen LogP contribution in [0.2, 0.25) is 0 Å². The van der Waals surface area contributed by atoms with E-state index in [1.54, 1.807) is 0 Å². The van der Waals surface area contributed by atoms with Gasteiger partial charge in [0.25, 0.3) is 5.91 Å². The van der Waals surface area contributed by atoms with E-state index in [1.807, 2.05) is 6.07 Å². The van der Waals surface area contributed by atoms with Crippen LogP contribution in [0.25, 0.3) is 0 Å². The van der Waals surface area contributed by atoms with Gasteiger partial charge in [0.1, 0.15) is 5.69 Å². The lowest BCUT2D eigenvalue weighted by molar-refractivity contribution is 0.0747. The predicted molar refractivity (Wildman–Crippen MR) is 88.5 cm³/mol. The SMILES string of the molecule is CC(C)C1CCCN(C(=O)c2cc(Br)cn2C2CC2)CC1. The second-order valence-corrected chi connectivity index (χ2v) is 7.82. The Labute approximate surface area is 135 Å². The molecule has 0 N–H and O–H groups in total. The Hall–Kier alpha value is -0.770. The van der Waals surface area contributed by atoms with Gasteiger partial charge in [0, 0.05) is 29.8 Å². The first-order valence-corrected chi connectivity index (χ1v) is 9.02. The van der Waals surface area contributed by atoms with Crippen LogP contribution in [-0.4, -0.2) is 28.5 Å². The van der Waals surface area contributed by atoms with Crippen molar-refractivity contribution in [1.29, 1.82) is 0 Å². The molecule has 1 aromatic rings. The van der Waals surface area contributed by atoms with E-state index in [1.165, 1.54) is 19.3 Å². The number of carbonyl (C=O) groups is 1. The highest BCUT2D eigenvalue weighted by molar-refractivity contribution is 9.10. The summed E-state index contributed by atoms with van der Waals surface area (Å²) in [4.78, 5) is 15.0. The monoisotopic (exact) mass is 352 g/mol. The number of hydrogen-bond acceptors (Lipinski definition) is 1. The summed E-state index contributed by atoms with van der Waals surface area (Å²) in [5.74, 6) is 1.71. The summed E-state index contributed by atoms with van der Waals surface area (Å²) in [6, 6.07) is 2.54. The topological polar surface area (TPSA) is 25.2 Å². The van der Waals surface area contributed by atoms with E-state index >= 15 is 0 Å². The van der Waals surface area contributed by atoms with Crippen LogP contribution < -0.4 is 0 Å². The van der Waals surface area contributed by atoms with E-state index < -0.39 is 0 Å². The zero-order valence-corrected chi connectivity index (χ0v) is 14.6. The van der Waals surface area contributed by atoms with Crippen molar-refractivity contribution >= 4 is 21.8 Å². The van der Waals surface area contributed by atoms with Crippen LogP contribution in [-0.2, 0) is 0 Å². The van der Waals surface area contributed by atoms with Crippen molar-refractivity contribution < 1.29 is 4.79 Å². The lowest BCUT2D eigenvalue weighted by Gasteiger charge is -2.22. The smallest absolute Gasteiger partial charge is 0.270 e. The van der Waals surface area contributed by atoms with Crippen LogP contribution in [0, 0.1) is 11.8 Å². The molecule has 21 heavy (non-hydrogen) atoms. The van der Waals surface area contributed by atoms with Crippen molar-refractivity contribution in [2.45, 2.75) is 52.0 Å². The van der Waals surface area contributed by atoms with E-state index in [9.17, 15) is 4.79 Å². The maximum Gasteiger partial charge on any atom is 0.270 e. The number of hydrogen-bond donors (Lipinski definition) is 0. The van der Waals surface area contributed by atoms with Gasteiger partial charge in [-0.15, -0.1) is 0 Å². The Kier molecular flexibility index (Phi) is 4.43. The van der Waals surface area contributed by atoms with Crippen LogP contribution in [0.15, 0.2) is 16.7 Å². The van der Waals surface area contributed by atoms with E-state index in [-0.39, 0.29) is 5.91 Å².